The third-order valence-corrected chi connectivity index (χ3v) is 3.72. The molecule has 2 aromatic rings. The Bertz CT molecular complexity index is 788. The zero-order valence-electron chi connectivity index (χ0n) is 11.2. The molecule has 0 aliphatic carbocycles. The number of benzene rings is 2. The summed E-state index contributed by atoms with van der Waals surface area (Å²) in [5.74, 6) is -0.878. The van der Waals surface area contributed by atoms with Crippen molar-refractivity contribution in [2.75, 3.05) is 5.43 Å². The number of anilines is 1. The first-order chi connectivity index (χ1) is 10.6. The smallest absolute Gasteiger partial charge is 0.280 e. The number of imide groups is 1. The molecule has 4 nitrogen and oxygen atoms in total. The molecule has 22 heavy (non-hydrogen) atoms. The van der Waals surface area contributed by atoms with Gasteiger partial charge in [0.15, 0.2) is 0 Å². The molecule has 1 N–H and O–H groups in total. The third-order valence-electron chi connectivity index (χ3n) is 3.17. The van der Waals surface area contributed by atoms with Crippen LogP contribution in [0.3, 0.4) is 0 Å². The topological polar surface area (TPSA) is 49.4 Å². The molecule has 0 unspecified atom stereocenters. The van der Waals surface area contributed by atoms with E-state index in [4.69, 9.17) is 23.2 Å². The van der Waals surface area contributed by atoms with Gasteiger partial charge in [0.05, 0.1) is 16.3 Å². The second kappa shape index (κ2) is 5.83. The van der Waals surface area contributed by atoms with E-state index < -0.39 is 11.8 Å². The van der Waals surface area contributed by atoms with Gasteiger partial charge in [-0.05, 0) is 23.8 Å². The number of hydrogen-bond acceptors (Lipinski definition) is 3. The highest BCUT2D eigenvalue weighted by Crippen LogP contribution is 2.28. The molecule has 0 radical (unpaired) electrons. The monoisotopic (exact) mass is 332 g/mol. The lowest BCUT2D eigenvalue weighted by atomic mass is 10.1. The highest BCUT2D eigenvalue weighted by Gasteiger charge is 2.32. The predicted octanol–water partition coefficient (Wildman–Crippen LogP) is 3.77. The first-order valence-corrected chi connectivity index (χ1v) is 7.19. The van der Waals surface area contributed by atoms with E-state index in [-0.39, 0.29) is 0 Å². The lowest BCUT2D eigenvalue weighted by Gasteiger charge is -2.18. The van der Waals surface area contributed by atoms with E-state index in [0.717, 1.165) is 5.01 Å². The SMILES string of the molecule is O=C1C=C(c2ccccc2)C(=O)N1Nc1ccc(Cl)cc1Cl. The van der Waals surface area contributed by atoms with E-state index in [1.807, 2.05) is 6.07 Å². The van der Waals surface area contributed by atoms with Crippen molar-refractivity contribution in [2.45, 2.75) is 0 Å². The van der Waals surface area contributed by atoms with Gasteiger partial charge >= 0.3 is 0 Å². The molecule has 1 aliphatic heterocycles. The van der Waals surface area contributed by atoms with Gasteiger partial charge in [0.25, 0.3) is 11.8 Å². The van der Waals surface area contributed by atoms with Crippen molar-refractivity contribution in [3.05, 3.63) is 70.2 Å². The molecular weight excluding hydrogens is 323 g/mol. The van der Waals surface area contributed by atoms with Gasteiger partial charge in [-0.3, -0.25) is 15.0 Å². The van der Waals surface area contributed by atoms with Crippen LogP contribution in [0, 0.1) is 0 Å². The largest absolute Gasteiger partial charge is 0.287 e. The molecule has 0 bridgehead atoms. The Morgan fingerprint density at radius 3 is 2.36 bits per heavy atom. The molecular formula is C16H10Cl2N2O2. The van der Waals surface area contributed by atoms with E-state index in [1.165, 1.54) is 12.1 Å². The van der Waals surface area contributed by atoms with Crippen LogP contribution >= 0.6 is 23.2 Å². The van der Waals surface area contributed by atoms with E-state index in [9.17, 15) is 9.59 Å². The van der Waals surface area contributed by atoms with Crippen LogP contribution in [0.25, 0.3) is 5.57 Å². The lowest BCUT2D eigenvalue weighted by Crippen LogP contribution is -2.36. The number of amides is 2. The fourth-order valence-corrected chi connectivity index (χ4v) is 2.55. The summed E-state index contributed by atoms with van der Waals surface area (Å²) in [6, 6.07) is 13.8. The van der Waals surface area contributed by atoms with E-state index >= 15 is 0 Å². The molecule has 1 heterocycles. The van der Waals surface area contributed by atoms with Crippen molar-refractivity contribution in [1.82, 2.24) is 5.01 Å². The Hall–Kier alpha value is -2.30. The summed E-state index contributed by atoms with van der Waals surface area (Å²) in [5, 5.41) is 1.72. The van der Waals surface area contributed by atoms with Crippen molar-refractivity contribution in [3.8, 4) is 0 Å². The molecule has 6 heteroatoms. The zero-order valence-corrected chi connectivity index (χ0v) is 12.7. The van der Waals surface area contributed by atoms with E-state index in [0.29, 0.717) is 26.9 Å². The van der Waals surface area contributed by atoms with Gasteiger partial charge in [-0.2, -0.15) is 5.01 Å². The molecule has 3 rings (SSSR count). The normalized spacial score (nSPS) is 14.3. The maximum Gasteiger partial charge on any atom is 0.280 e. The number of hydrazine groups is 1. The molecule has 0 saturated carbocycles. The van der Waals surface area contributed by atoms with Gasteiger partial charge in [-0.1, -0.05) is 53.5 Å². The first-order valence-electron chi connectivity index (χ1n) is 6.43. The predicted molar refractivity (Wildman–Crippen MR) is 86.4 cm³/mol. The van der Waals surface area contributed by atoms with Crippen LogP contribution in [0.4, 0.5) is 5.69 Å². The zero-order chi connectivity index (χ0) is 15.7. The fourth-order valence-electron chi connectivity index (χ4n) is 2.10. The molecule has 0 spiro atoms. The molecule has 0 atom stereocenters. The standard InChI is InChI=1S/C16H10Cl2N2O2/c17-11-6-7-14(13(18)8-11)19-20-15(21)9-12(16(20)22)10-4-2-1-3-5-10/h1-9,19H. The van der Waals surface area contributed by atoms with Crippen molar-refractivity contribution in [1.29, 1.82) is 0 Å². The molecule has 110 valence electrons. The van der Waals surface area contributed by atoms with E-state index in [2.05, 4.69) is 5.43 Å². The maximum atomic E-state index is 12.4. The Balaban J connectivity index is 1.86. The minimum atomic E-state index is -0.449. The summed E-state index contributed by atoms with van der Waals surface area (Å²) in [7, 11) is 0. The minimum Gasteiger partial charge on any atom is -0.287 e. The Morgan fingerprint density at radius 2 is 1.68 bits per heavy atom. The van der Waals surface area contributed by atoms with Crippen molar-refractivity contribution < 1.29 is 9.59 Å². The summed E-state index contributed by atoms with van der Waals surface area (Å²) in [6.07, 6.45) is 1.30. The third kappa shape index (κ3) is 2.71. The minimum absolute atomic E-state index is 0.321. The lowest BCUT2D eigenvalue weighted by molar-refractivity contribution is -0.134. The quantitative estimate of drug-likeness (QED) is 0.870. The second-order valence-corrected chi connectivity index (χ2v) is 5.48. The van der Waals surface area contributed by atoms with Gasteiger partial charge in [0.1, 0.15) is 0 Å². The second-order valence-electron chi connectivity index (χ2n) is 4.64. The molecule has 1 aliphatic rings. The molecule has 2 amide bonds. The number of halogens is 2. The van der Waals surface area contributed by atoms with Gasteiger partial charge in [-0.15, -0.1) is 0 Å². The number of carbonyl (C=O) groups is 2. The van der Waals surface area contributed by atoms with E-state index in [1.54, 1.807) is 36.4 Å². The van der Waals surface area contributed by atoms with Crippen molar-refractivity contribution in [2.24, 2.45) is 0 Å². The number of carbonyl (C=O) groups excluding carboxylic acids is 2. The number of hydrogen-bond donors (Lipinski definition) is 1. The highest BCUT2D eigenvalue weighted by atomic mass is 35.5. The Morgan fingerprint density at radius 1 is 0.955 bits per heavy atom. The number of rotatable bonds is 3. The molecule has 0 fully saturated rings. The Kier molecular flexibility index (Phi) is 3.88. The summed E-state index contributed by atoms with van der Waals surface area (Å²) in [6.45, 7) is 0. The highest BCUT2D eigenvalue weighted by molar-refractivity contribution is 6.37. The average Bonchev–Trinajstić information content (AvgIpc) is 2.79. The van der Waals surface area contributed by atoms with Gasteiger partial charge in [-0.25, -0.2) is 0 Å². The molecule has 0 aromatic heterocycles. The van der Waals surface area contributed by atoms with Gasteiger partial charge in [0, 0.05) is 11.1 Å². The van der Waals surface area contributed by atoms with Crippen molar-refractivity contribution in [3.63, 3.8) is 0 Å². The summed E-state index contributed by atoms with van der Waals surface area (Å²) >= 11 is 11.9. The van der Waals surface area contributed by atoms with Crippen LogP contribution in [-0.2, 0) is 9.59 Å². The fraction of sp³-hybridized carbons (Fsp3) is 0. The van der Waals surface area contributed by atoms with Crippen molar-refractivity contribution >= 4 is 46.3 Å². The summed E-state index contributed by atoms with van der Waals surface area (Å²) in [5.41, 5.74) is 4.18. The van der Waals surface area contributed by atoms with Gasteiger partial charge in [0.2, 0.25) is 0 Å². The van der Waals surface area contributed by atoms with Crippen LogP contribution in [0.2, 0.25) is 10.0 Å². The van der Waals surface area contributed by atoms with Gasteiger partial charge < -0.3 is 0 Å². The van der Waals surface area contributed by atoms with Crippen LogP contribution in [0.15, 0.2) is 54.6 Å². The van der Waals surface area contributed by atoms with Crippen LogP contribution in [0.1, 0.15) is 5.56 Å². The maximum absolute atomic E-state index is 12.4. The summed E-state index contributed by atoms with van der Waals surface area (Å²) in [4.78, 5) is 24.5. The molecule has 0 saturated heterocycles. The van der Waals surface area contributed by atoms with Crippen LogP contribution in [-0.4, -0.2) is 16.8 Å². The van der Waals surface area contributed by atoms with Crippen LogP contribution in [0.5, 0.6) is 0 Å². The number of nitrogens with one attached hydrogen (secondary N) is 1. The summed E-state index contributed by atoms with van der Waals surface area (Å²) < 4.78 is 0. The Labute approximate surface area is 136 Å². The number of nitrogens with zero attached hydrogens (tertiary/aromatic N) is 1. The first kappa shape index (κ1) is 14.6. The van der Waals surface area contributed by atoms with Crippen LogP contribution < -0.4 is 5.43 Å². The average molecular weight is 333 g/mol. The molecule has 2 aromatic carbocycles.